The fourth-order valence-electron chi connectivity index (χ4n) is 3.80. The van der Waals surface area contributed by atoms with E-state index in [-0.39, 0.29) is 24.7 Å². The molecule has 1 aromatic carbocycles. The van der Waals surface area contributed by atoms with Gasteiger partial charge in [0.25, 0.3) is 17.6 Å². The number of Topliss-reactive ketones (excluding diaryl/α,β-unsaturated/α-hetero) is 1. The molecule has 33 heavy (non-hydrogen) atoms. The lowest BCUT2D eigenvalue weighted by Crippen LogP contribution is -2.62. The highest BCUT2D eigenvalue weighted by molar-refractivity contribution is 6.46. The number of hydrogen-bond donors (Lipinski definition) is 1. The molecule has 1 aromatic rings. The zero-order valence-electron chi connectivity index (χ0n) is 18.9. The Morgan fingerprint density at radius 1 is 1.18 bits per heavy atom. The van der Waals surface area contributed by atoms with Gasteiger partial charge in [-0.15, -0.1) is 0 Å². The average Bonchev–Trinajstić information content (AvgIpc) is 2.79. The van der Waals surface area contributed by atoms with Crippen molar-refractivity contribution in [2.75, 3.05) is 27.7 Å². The van der Waals surface area contributed by atoms with E-state index in [0.717, 1.165) is 4.90 Å². The Morgan fingerprint density at radius 2 is 1.88 bits per heavy atom. The third-order valence-corrected chi connectivity index (χ3v) is 5.71. The predicted octanol–water partition coefficient (Wildman–Crippen LogP) is -0.362. The van der Waals surface area contributed by atoms with E-state index in [1.807, 2.05) is 0 Å². The van der Waals surface area contributed by atoms with Crippen LogP contribution >= 0.6 is 0 Å². The van der Waals surface area contributed by atoms with Gasteiger partial charge in [-0.1, -0.05) is 12.1 Å². The molecule has 2 unspecified atom stereocenters. The number of carbonyl (C=O) groups excluding carboxylic acids is 5. The summed E-state index contributed by atoms with van der Waals surface area (Å²) in [5, 5.41) is 2.56. The number of ketones is 1. The number of rotatable bonds is 4. The first-order valence-corrected chi connectivity index (χ1v) is 10.5. The van der Waals surface area contributed by atoms with Crippen LogP contribution in [-0.2, 0) is 30.5 Å². The summed E-state index contributed by atoms with van der Waals surface area (Å²) in [6.07, 6.45) is 0.917. The number of piperidine rings is 1. The Kier molecular flexibility index (Phi) is 6.89. The lowest BCUT2D eigenvalue weighted by atomic mass is 9.98. The van der Waals surface area contributed by atoms with Gasteiger partial charge in [0.2, 0.25) is 0 Å². The minimum absolute atomic E-state index is 0.0195. The molecule has 0 aliphatic carbocycles. The number of nitrogens with zero attached hydrogens (tertiary/aromatic N) is 4. The summed E-state index contributed by atoms with van der Waals surface area (Å²) in [6, 6.07) is 2.01. The number of halogens is 1. The Balaban J connectivity index is 1.83. The highest BCUT2D eigenvalue weighted by atomic mass is 19.1. The van der Waals surface area contributed by atoms with Gasteiger partial charge in [0.05, 0.1) is 6.04 Å². The van der Waals surface area contributed by atoms with Gasteiger partial charge in [-0.2, -0.15) is 0 Å². The zero-order valence-corrected chi connectivity index (χ0v) is 18.9. The zero-order chi connectivity index (χ0) is 24.4. The number of amidine groups is 1. The van der Waals surface area contributed by atoms with Crippen LogP contribution in [0, 0.1) is 12.7 Å². The molecule has 4 amide bonds. The van der Waals surface area contributed by atoms with Gasteiger partial charge in [0, 0.05) is 34.2 Å². The molecular weight excluding hydrogens is 433 g/mol. The van der Waals surface area contributed by atoms with Gasteiger partial charge in [0.1, 0.15) is 11.7 Å². The molecule has 0 bridgehead atoms. The molecule has 0 spiro atoms. The van der Waals surface area contributed by atoms with E-state index in [4.69, 9.17) is 0 Å². The highest BCUT2D eigenvalue weighted by Crippen LogP contribution is 2.23. The van der Waals surface area contributed by atoms with E-state index in [2.05, 4.69) is 10.3 Å². The smallest absolute Gasteiger partial charge is 0.312 e. The highest BCUT2D eigenvalue weighted by Gasteiger charge is 2.46. The van der Waals surface area contributed by atoms with E-state index in [1.165, 1.54) is 43.1 Å². The van der Waals surface area contributed by atoms with Crippen LogP contribution in [0.4, 0.5) is 4.39 Å². The largest absolute Gasteiger partial charge is 0.350 e. The van der Waals surface area contributed by atoms with Crippen molar-refractivity contribution >= 4 is 35.2 Å². The minimum atomic E-state index is -1.60. The number of benzene rings is 1. The first-order chi connectivity index (χ1) is 15.5. The van der Waals surface area contributed by atoms with E-state index in [9.17, 15) is 28.4 Å². The van der Waals surface area contributed by atoms with Crippen molar-refractivity contribution in [1.82, 2.24) is 20.0 Å². The van der Waals surface area contributed by atoms with Crippen LogP contribution in [0.2, 0.25) is 0 Å². The van der Waals surface area contributed by atoms with Gasteiger partial charge in [0.15, 0.2) is 6.04 Å². The van der Waals surface area contributed by atoms with Crippen molar-refractivity contribution < 1.29 is 28.4 Å². The molecule has 2 heterocycles. The SMILES string of the molecule is Cc1cc(CNC(=O)C2N=C3C(N(C)C(=O)C(=O)N(C)C)CCCN3C(=O)C2=O)ccc1F. The fourth-order valence-corrected chi connectivity index (χ4v) is 3.80. The van der Waals surface area contributed by atoms with Crippen LogP contribution in [-0.4, -0.2) is 89.7 Å². The van der Waals surface area contributed by atoms with Crippen LogP contribution in [0.3, 0.4) is 0 Å². The van der Waals surface area contributed by atoms with Crippen molar-refractivity contribution in [3.8, 4) is 0 Å². The predicted molar refractivity (Wildman–Crippen MR) is 115 cm³/mol. The number of likely N-dealkylation sites (N-methyl/N-ethyl adjacent to an activating group) is 2. The van der Waals surface area contributed by atoms with E-state index < -0.39 is 41.5 Å². The number of fused-ring (bicyclic) bond motifs is 1. The maximum Gasteiger partial charge on any atom is 0.312 e. The first-order valence-electron chi connectivity index (χ1n) is 10.5. The summed E-state index contributed by atoms with van der Waals surface area (Å²) in [7, 11) is 4.32. The lowest BCUT2D eigenvalue weighted by Gasteiger charge is -2.40. The maximum atomic E-state index is 13.4. The van der Waals surface area contributed by atoms with Crippen LogP contribution < -0.4 is 5.32 Å². The summed E-state index contributed by atoms with van der Waals surface area (Å²) in [5.41, 5.74) is 1.03. The topological polar surface area (TPSA) is 119 Å². The average molecular weight is 459 g/mol. The second-order valence-corrected chi connectivity index (χ2v) is 8.29. The summed E-state index contributed by atoms with van der Waals surface area (Å²) < 4.78 is 13.4. The summed E-state index contributed by atoms with van der Waals surface area (Å²) >= 11 is 0. The van der Waals surface area contributed by atoms with Gasteiger partial charge in [-0.25, -0.2) is 9.38 Å². The second-order valence-electron chi connectivity index (χ2n) is 8.29. The van der Waals surface area contributed by atoms with Crippen molar-refractivity contribution in [3.63, 3.8) is 0 Å². The number of amides is 4. The Labute approximate surface area is 190 Å². The normalized spacial score (nSPS) is 20.0. The fraction of sp³-hybridized carbons (Fsp3) is 0.455. The van der Waals surface area contributed by atoms with Gasteiger partial charge in [-0.05, 0) is 37.0 Å². The molecule has 1 fully saturated rings. The maximum absolute atomic E-state index is 13.4. The van der Waals surface area contributed by atoms with Gasteiger partial charge >= 0.3 is 11.8 Å². The van der Waals surface area contributed by atoms with Crippen molar-refractivity contribution in [2.24, 2.45) is 4.99 Å². The molecule has 3 rings (SSSR count). The summed E-state index contributed by atoms with van der Waals surface area (Å²) in [6.45, 7) is 1.84. The quantitative estimate of drug-likeness (QED) is 0.487. The molecule has 0 radical (unpaired) electrons. The van der Waals surface area contributed by atoms with E-state index >= 15 is 0 Å². The number of aryl methyl sites for hydroxylation is 1. The van der Waals surface area contributed by atoms with E-state index in [0.29, 0.717) is 24.0 Å². The monoisotopic (exact) mass is 459 g/mol. The van der Waals surface area contributed by atoms with Crippen molar-refractivity contribution in [2.45, 2.75) is 38.4 Å². The van der Waals surface area contributed by atoms with Gasteiger partial charge < -0.3 is 15.1 Å². The summed E-state index contributed by atoms with van der Waals surface area (Å²) in [4.78, 5) is 70.4. The lowest BCUT2D eigenvalue weighted by molar-refractivity contribution is -0.151. The van der Waals surface area contributed by atoms with Crippen LogP contribution in [0.5, 0.6) is 0 Å². The molecule has 2 atom stereocenters. The number of nitrogens with one attached hydrogen (secondary N) is 1. The summed E-state index contributed by atoms with van der Waals surface area (Å²) in [5.74, 6) is -4.40. The standard InChI is InChI=1S/C22H26FN5O5/c1-12-10-13(7-8-14(12)23)11-24-19(30)16-17(29)20(31)28-9-5-6-15(18(28)25-16)27(4)22(33)21(32)26(2)3/h7-8,10,15-16H,5-6,9,11H2,1-4H3,(H,24,30). The molecule has 176 valence electrons. The second kappa shape index (κ2) is 9.47. The third-order valence-electron chi connectivity index (χ3n) is 5.71. The van der Waals surface area contributed by atoms with Crippen LogP contribution in [0.1, 0.15) is 24.0 Å². The Hall–Kier alpha value is -3.63. The molecule has 10 nitrogen and oxygen atoms in total. The molecular formula is C22H26FN5O5. The number of hydrogen-bond acceptors (Lipinski definition) is 6. The number of carbonyl (C=O) groups is 5. The minimum Gasteiger partial charge on any atom is -0.350 e. The Bertz CT molecular complexity index is 1050. The molecule has 11 heteroatoms. The van der Waals surface area contributed by atoms with E-state index in [1.54, 1.807) is 13.0 Å². The number of aliphatic imine (C=N–C) groups is 1. The first kappa shape index (κ1) is 24.0. The van der Waals surface area contributed by atoms with Crippen LogP contribution in [0.15, 0.2) is 23.2 Å². The molecule has 0 aromatic heterocycles. The van der Waals surface area contributed by atoms with Crippen molar-refractivity contribution in [1.29, 1.82) is 0 Å². The molecule has 2 aliphatic rings. The molecule has 1 N–H and O–H groups in total. The van der Waals surface area contributed by atoms with Crippen LogP contribution in [0.25, 0.3) is 0 Å². The third kappa shape index (κ3) is 4.76. The van der Waals surface area contributed by atoms with Crippen molar-refractivity contribution in [3.05, 3.63) is 35.1 Å². The molecule has 0 saturated carbocycles. The molecule has 1 saturated heterocycles. The Morgan fingerprint density at radius 3 is 2.52 bits per heavy atom. The molecule has 2 aliphatic heterocycles. The van der Waals surface area contributed by atoms with Gasteiger partial charge in [-0.3, -0.25) is 28.9 Å².